The molecule has 1 aromatic carbocycles. The van der Waals surface area contributed by atoms with Crippen LogP contribution in [0.15, 0.2) is 42.6 Å². The zero-order valence-electron chi connectivity index (χ0n) is 12.6. The lowest BCUT2D eigenvalue weighted by molar-refractivity contribution is -0.118. The summed E-state index contributed by atoms with van der Waals surface area (Å²) in [6.07, 6.45) is 3.26. The van der Waals surface area contributed by atoms with Crippen molar-refractivity contribution in [1.29, 1.82) is 0 Å². The van der Waals surface area contributed by atoms with Gasteiger partial charge in [-0.25, -0.2) is 4.98 Å². The van der Waals surface area contributed by atoms with Gasteiger partial charge in [-0.15, -0.1) is 0 Å². The zero-order valence-corrected chi connectivity index (χ0v) is 13.4. The lowest BCUT2D eigenvalue weighted by atomic mass is 10.1. The first-order valence-corrected chi connectivity index (χ1v) is 8.25. The highest BCUT2D eigenvalue weighted by molar-refractivity contribution is 8.15. The first-order valence-electron chi connectivity index (χ1n) is 7.37. The van der Waals surface area contributed by atoms with Gasteiger partial charge in [0, 0.05) is 12.3 Å². The number of aryl methyl sites for hydroxylation is 1. The number of carbonyl (C=O) groups is 2. The Balaban J connectivity index is 1.62. The Labute approximate surface area is 138 Å². The lowest BCUT2D eigenvalue weighted by Crippen LogP contribution is -2.25. The van der Waals surface area contributed by atoms with Crippen LogP contribution in [0, 0.1) is 0 Å². The number of nitrogens with one attached hydrogen (secondary N) is 1. The SMILES string of the molecule is CCc1ccc(Oc2ccc(CC3SC(=O)NC3=O)cc2)nc1. The fraction of sp³-hybridized carbons (Fsp3) is 0.235. The number of rotatable bonds is 5. The predicted octanol–water partition coefficient (Wildman–Crippen LogP) is 3.33. The van der Waals surface area contributed by atoms with Crippen molar-refractivity contribution in [2.45, 2.75) is 25.0 Å². The minimum absolute atomic E-state index is 0.222. The van der Waals surface area contributed by atoms with E-state index < -0.39 is 0 Å². The second kappa shape index (κ2) is 6.83. The second-order valence-electron chi connectivity index (χ2n) is 5.19. The molecular formula is C17H16N2O3S. The van der Waals surface area contributed by atoms with Crippen molar-refractivity contribution in [2.24, 2.45) is 0 Å². The Bertz CT molecular complexity index is 714. The molecule has 1 atom stereocenters. The highest BCUT2D eigenvalue weighted by atomic mass is 32.2. The van der Waals surface area contributed by atoms with Crippen LogP contribution in [0.5, 0.6) is 11.6 Å². The predicted molar refractivity (Wildman–Crippen MR) is 88.8 cm³/mol. The van der Waals surface area contributed by atoms with E-state index in [4.69, 9.17) is 4.74 Å². The van der Waals surface area contributed by atoms with Gasteiger partial charge in [0.15, 0.2) is 0 Å². The van der Waals surface area contributed by atoms with Crippen LogP contribution >= 0.6 is 11.8 Å². The van der Waals surface area contributed by atoms with Gasteiger partial charge >= 0.3 is 0 Å². The van der Waals surface area contributed by atoms with E-state index in [9.17, 15) is 9.59 Å². The molecule has 2 aromatic rings. The largest absolute Gasteiger partial charge is 0.439 e. The normalized spacial score (nSPS) is 17.2. The maximum Gasteiger partial charge on any atom is 0.286 e. The summed E-state index contributed by atoms with van der Waals surface area (Å²) in [5, 5.41) is 1.67. The van der Waals surface area contributed by atoms with Crippen molar-refractivity contribution >= 4 is 22.9 Å². The fourth-order valence-corrected chi connectivity index (χ4v) is 3.10. The van der Waals surface area contributed by atoms with E-state index in [2.05, 4.69) is 17.2 Å². The van der Waals surface area contributed by atoms with Gasteiger partial charge in [-0.05, 0) is 36.1 Å². The third-order valence-electron chi connectivity index (χ3n) is 3.54. The van der Waals surface area contributed by atoms with Gasteiger partial charge in [-0.1, -0.05) is 36.9 Å². The van der Waals surface area contributed by atoms with Crippen molar-refractivity contribution in [3.05, 3.63) is 53.7 Å². The third-order valence-corrected chi connectivity index (χ3v) is 4.52. The molecule has 1 saturated heterocycles. The van der Waals surface area contributed by atoms with E-state index in [1.165, 1.54) is 0 Å². The van der Waals surface area contributed by atoms with Crippen LogP contribution in [0.25, 0.3) is 0 Å². The topological polar surface area (TPSA) is 68.3 Å². The summed E-state index contributed by atoms with van der Waals surface area (Å²) in [5.41, 5.74) is 2.14. The van der Waals surface area contributed by atoms with E-state index in [0.717, 1.165) is 29.3 Å². The quantitative estimate of drug-likeness (QED) is 0.912. The second-order valence-corrected chi connectivity index (χ2v) is 6.37. The molecule has 2 heterocycles. The molecule has 1 aromatic heterocycles. The van der Waals surface area contributed by atoms with Crippen LogP contribution in [-0.2, 0) is 17.6 Å². The standard InChI is InChI=1S/C17H16N2O3S/c1-2-11-5-8-15(18-10-11)22-13-6-3-12(4-7-13)9-14-16(20)19-17(21)23-14/h3-8,10,14H,2,9H2,1H3,(H,19,20,21). The Hall–Kier alpha value is -2.34. The maximum atomic E-state index is 11.6. The molecule has 0 radical (unpaired) electrons. The van der Waals surface area contributed by atoms with Crippen LogP contribution in [0.2, 0.25) is 0 Å². The van der Waals surface area contributed by atoms with Crippen molar-refractivity contribution in [1.82, 2.24) is 10.3 Å². The number of amides is 2. The van der Waals surface area contributed by atoms with Gasteiger partial charge < -0.3 is 4.74 Å². The molecule has 1 aliphatic rings. The lowest BCUT2D eigenvalue weighted by Gasteiger charge is -2.08. The van der Waals surface area contributed by atoms with Gasteiger partial charge in [0.2, 0.25) is 11.8 Å². The molecular weight excluding hydrogens is 312 g/mol. The third kappa shape index (κ3) is 3.90. The minimum Gasteiger partial charge on any atom is -0.439 e. The van der Waals surface area contributed by atoms with Gasteiger partial charge in [0.05, 0.1) is 5.25 Å². The molecule has 6 heteroatoms. The Morgan fingerprint density at radius 1 is 1.13 bits per heavy atom. The molecule has 23 heavy (non-hydrogen) atoms. The van der Waals surface area contributed by atoms with Crippen LogP contribution < -0.4 is 10.1 Å². The first-order chi connectivity index (χ1) is 11.1. The summed E-state index contributed by atoms with van der Waals surface area (Å²) in [5.74, 6) is 1.01. The number of nitrogens with zero attached hydrogens (tertiary/aromatic N) is 1. The molecule has 5 nitrogen and oxygen atoms in total. The summed E-state index contributed by atoms with van der Waals surface area (Å²) in [7, 11) is 0. The van der Waals surface area contributed by atoms with E-state index in [1.807, 2.05) is 36.4 Å². The zero-order chi connectivity index (χ0) is 16.2. The Morgan fingerprint density at radius 3 is 2.43 bits per heavy atom. The molecule has 2 amide bonds. The van der Waals surface area contributed by atoms with Crippen LogP contribution in [-0.4, -0.2) is 21.4 Å². The number of benzene rings is 1. The number of pyridine rings is 1. The molecule has 1 unspecified atom stereocenters. The highest BCUT2D eigenvalue weighted by Crippen LogP contribution is 2.25. The van der Waals surface area contributed by atoms with E-state index >= 15 is 0 Å². The average Bonchev–Trinajstić information content (AvgIpc) is 2.87. The van der Waals surface area contributed by atoms with Crippen LogP contribution in [0.4, 0.5) is 4.79 Å². The number of thioether (sulfide) groups is 1. The number of hydrogen-bond donors (Lipinski definition) is 1. The van der Waals surface area contributed by atoms with Crippen molar-refractivity contribution < 1.29 is 14.3 Å². The number of imide groups is 1. The summed E-state index contributed by atoms with van der Waals surface area (Å²) in [6, 6.07) is 11.3. The minimum atomic E-state index is -0.350. The fourth-order valence-electron chi connectivity index (χ4n) is 2.24. The molecule has 3 rings (SSSR count). The van der Waals surface area contributed by atoms with Gasteiger partial charge in [-0.3, -0.25) is 14.9 Å². The summed E-state index contributed by atoms with van der Waals surface area (Å²) in [4.78, 5) is 27.0. The molecule has 0 bridgehead atoms. The molecule has 0 spiro atoms. The molecule has 1 fully saturated rings. The molecule has 1 aliphatic heterocycles. The summed E-state index contributed by atoms with van der Waals surface area (Å²) in [6.45, 7) is 2.08. The Kier molecular flexibility index (Phi) is 4.62. The van der Waals surface area contributed by atoms with E-state index in [1.54, 1.807) is 6.20 Å². The van der Waals surface area contributed by atoms with Crippen LogP contribution in [0.3, 0.4) is 0 Å². The number of aromatic nitrogens is 1. The highest BCUT2D eigenvalue weighted by Gasteiger charge is 2.31. The molecule has 0 saturated carbocycles. The Morgan fingerprint density at radius 2 is 1.87 bits per heavy atom. The van der Waals surface area contributed by atoms with E-state index in [-0.39, 0.29) is 16.4 Å². The monoisotopic (exact) mass is 328 g/mol. The van der Waals surface area contributed by atoms with Gasteiger partial charge in [0.25, 0.3) is 5.24 Å². The molecule has 118 valence electrons. The summed E-state index contributed by atoms with van der Waals surface area (Å²) < 4.78 is 5.69. The number of hydrogen-bond acceptors (Lipinski definition) is 5. The van der Waals surface area contributed by atoms with Crippen molar-refractivity contribution in [3.8, 4) is 11.6 Å². The van der Waals surface area contributed by atoms with Crippen molar-refractivity contribution in [3.63, 3.8) is 0 Å². The van der Waals surface area contributed by atoms with E-state index in [0.29, 0.717) is 18.1 Å². The van der Waals surface area contributed by atoms with Gasteiger partial charge in [0.1, 0.15) is 5.75 Å². The maximum absolute atomic E-state index is 11.6. The van der Waals surface area contributed by atoms with Gasteiger partial charge in [-0.2, -0.15) is 0 Å². The van der Waals surface area contributed by atoms with Crippen LogP contribution in [0.1, 0.15) is 18.1 Å². The molecule has 1 N–H and O–H groups in total. The van der Waals surface area contributed by atoms with Crippen molar-refractivity contribution in [2.75, 3.05) is 0 Å². The average molecular weight is 328 g/mol. The molecule has 0 aliphatic carbocycles. The number of carbonyl (C=O) groups excluding carboxylic acids is 2. The number of ether oxygens (including phenoxy) is 1. The smallest absolute Gasteiger partial charge is 0.286 e. The summed E-state index contributed by atoms with van der Waals surface area (Å²) >= 11 is 1.04. The first kappa shape index (κ1) is 15.6.